The lowest BCUT2D eigenvalue weighted by atomic mass is 9.73. The zero-order valence-electron chi connectivity index (χ0n) is 17.4. The number of benzene rings is 2. The van der Waals surface area contributed by atoms with Crippen molar-refractivity contribution < 1.29 is 23.8 Å². The molecule has 2 atom stereocenters. The number of hydrogen-bond acceptors (Lipinski definition) is 5. The number of hydrogen-bond donors (Lipinski definition) is 1. The molecule has 156 valence electrons. The maximum absolute atomic E-state index is 13.3. The molecule has 0 fully saturated rings. The number of allylic oxidation sites excluding steroid dienone is 2. The number of amides is 1. The summed E-state index contributed by atoms with van der Waals surface area (Å²) in [4.78, 5) is 25.8. The Bertz CT molecular complexity index is 1010. The Morgan fingerprint density at radius 2 is 1.53 bits per heavy atom. The Hall–Kier alpha value is -3.28. The van der Waals surface area contributed by atoms with E-state index in [9.17, 15) is 9.59 Å². The molecule has 2 unspecified atom stereocenters. The highest BCUT2D eigenvalue weighted by atomic mass is 16.5. The first-order valence-electron chi connectivity index (χ1n) is 9.96. The number of Topliss-reactive ketones (excluding diaryl/α,β-unsaturated/α-hetero) is 1. The summed E-state index contributed by atoms with van der Waals surface area (Å²) >= 11 is 0. The molecule has 0 saturated carbocycles. The number of ether oxygens (including phenoxy) is 3. The predicted molar refractivity (Wildman–Crippen MR) is 112 cm³/mol. The molecule has 2 aliphatic rings. The predicted octanol–water partition coefficient (Wildman–Crippen LogP) is 3.72. The van der Waals surface area contributed by atoms with Gasteiger partial charge in [-0.15, -0.1) is 0 Å². The van der Waals surface area contributed by atoms with Gasteiger partial charge < -0.3 is 19.5 Å². The summed E-state index contributed by atoms with van der Waals surface area (Å²) in [6.45, 7) is 0. The molecule has 2 aromatic carbocycles. The maximum atomic E-state index is 13.3. The van der Waals surface area contributed by atoms with E-state index in [-0.39, 0.29) is 29.9 Å². The van der Waals surface area contributed by atoms with Crippen LogP contribution in [0.25, 0.3) is 0 Å². The minimum absolute atomic E-state index is 0.0217. The third kappa shape index (κ3) is 3.65. The van der Waals surface area contributed by atoms with E-state index in [0.717, 1.165) is 22.6 Å². The van der Waals surface area contributed by atoms with Crippen LogP contribution in [0.2, 0.25) is 0 Å². The van der Waals surface area contributed by atoms with E-state index in [1.165, 1.54) is 0 Å². The first kappa shape index (κ1) is 20.0. The first-order valence-corrected chi connectivity index (χ1v) is 9.96. The van der Waals surface area contributed by atoms with Gasteiger partial charge in [0.05, 0.1) is 21.3 Å². The molecule has 6 heteroatoms. The summed E-state index contributed by atoms with van der Waals surface area (Å²) in [5, 5.41) is 2.96. The highest BCUT2D eigenvalue weighted by molar-refractivity contribution is 6.02. The minimum Gasteiger partial charge on any atom is -0.497 e. The average molecular weight is 407 g/mol. The van der Waals surface area contributed by atoms with Crippen LogP contribution in [0.15, 0.2) is 53.7 Å². The van der Waals surface area contributed by atoms with Crippen LogP contribution in [-0.2, 0) is 9.59 Å². The molecular formula is C24H25NO5. The molecule has 0 aromatic heterocycles. The van der Waals surface area contributed by atoms with Crippen LogP contribution in [0, 0.1) is 0 Å². The molecule has 2 aromatic rings. The van der Waals surface area contributed by atoms with E-state index in [4.69, 9.17) is 14.2 Å². The number of methoxy groups -OCH3 is 3. The highest BCUT2D eigenvalue weighted by Crippen LogP contribution is 2.45. The maximum Gasteiger partial charge on any atom is 0.225 e. The van der Waals surface area contributed by atoms with Crippen molar-refractivity contribution in [1.29, 1.82) is 0 Å². The normalized spacial score (nSPS) is 21.0. The molecule has 0 bridgehead atoms. The second-order valence-corrected chi connectivity index (χ2v) is 7.61. The molecule has 4 rings (SSSR count). The number of rotatable bonds is 5. The van der Waals surface area contributed by atoms with Gasteiger partial charge in [-0.1, -0.05) is 12.1 Å². The zero-order chi connectivity index (χ0) is 21.3. The number of ketones is 1. The molecule has 1 aliphatic carbocycles. The Kier molecular flexibility index (Phi) is 5.48. The van der Waals surface area contributed by atoms with E-state index in [1.54, 1.807) is 21.3 Å². The molecular weight excluding hydrogens is 382 g/mol. The van der Waals surface area contributed by atoms with Crippen LogP contribution in [0.1, 0.15) is 42.2 Å². The van der Waals surface area contributed by atoms with Crippen molar-refractivity contribution in [2.75, 3.05) is 21.3 Å². The molecule has 1 amide bonds. The van der Waals surface area contributed by atoms with Crippen molar-refractivity contribution in [3.8, 4) is 17.2 Å². The smallest absolute Gasteiger partial charge is 0.225 e. The molecule has 0 saturated heterocycles. The fraction of sp³-hybridized carbons (Fsp3) is 0.333. The van der Waals surface area contributed by atoms with Gasteiger partial charge in [-0.05, 0) is 48.2 Å². The molecule has 1 aliphatic heterocycles. The van der Waals surface area contributed by atoms with Gasteiger partial charge in [0.2, 0.25) is 5.91 Å². The molecule has 1 N–H and O–H groups in total. The van der Waals surface area contributed by atoms with Gasteiger partial charge in [-0.25, -0.2) is 0 Å². The standard InChI is InChI=1S/C24H25NO5/c1-28-16-6-4-14(5-7-16)15-10-20-24(21(26)11-15)19(13-23(27)25-20)18-12-17(29-2)8-9-22(18)30-3/h4-9,12,15,19H,10-11,13H2,1-3H3,(H,25,27). The summed E-state index contributed by atoms with van der Waals surface area (Å²) in [7, 11) is 4.81. The lowest BCUT2D eigenvalue weighted by molar-refractivity contribution is -0.122. The van der Waals surface area contributed by atoms with Gasteiger partial charge in [0.15, 0.2) is 5.78 Å². The largest absolute Gasteiger partial charge is 0.497 e. The van der Waals surface area contributed by atoms with Gasteiger partial charge in [-0.3, -0.25) is 9.59 Å². The van der Waals surface area contributed by atoms with Crippen LogP contribution in [0.5, 0.6) is 17.2 Å². The Balaban J connectivity index is 1.72. The van der Waals surface area contributed by atoms with Crippen LogP contribution in [0.4, 0.5) is 0 Å². The monoisotopic (exact) mass is 407 g/mol. The number of nitrogens with one attached hydrogen (secondary N) is 1. The van der Waals surface area contributed by atoms with Crippen molar-refractivity contribution in [3.63, 3.8) is 0 Å². The van der Waals surface area contributed by atoms with Crippen molar-refractivity contribution >= 4 is 11.7 Å². The molecule has 0 spiro atoms. The van der Waals surface area contributed by atoms with Gasteiger partial charge >= 0.3 is 0 Å². The van der Waals surface area contributed by atoms with Gasteiger partial charge in [0, 0.05) is 35.6 Å². The van der Waals surface area contributed by atoms with Crippen LogP contribution in [-0.4, -0.2) is 33.0 Å². The van der Waals surface area contributed by atoms with Crippen molar-refractivity contribution in [1.82, 2.24) is 5.32 Å². The van der Waals surface area contributed by atoms with E-state index in [0.29, 0.717) is 29.9 Å². The van der Waals surface area contributed by atoms with Crippen molar-refractivity contribution in [3.05, 3.63) is 64.9 Å². The highest BCUT2D eigenvalue weighted by Gasteiger charge is 2.39. The Morgan fingerprint density at radius 3 is 2.20 bits per heavy atom. The van der Waals surface area contributed by atoms with Gasteiger partial charge in [0.25, 0.3) is 0 Å². The number of carbonyl (C=O) groups is 2. The third-order valence-corrected chi connectivity index (χ3v) is 5.94. The lowest BCUT2D eigenvalue weighted by Gasteiger charge is -2.35. The van der Waals surface area contributed by atoms with Crippen molar-refractivity contribution in [2.45, 2.75) is 31.1 Å². The topological polar surface area (TPSA) is 73.9 Å². The van der Waals surface area contributed by atoms with Crippen LogP contribution < -0.4 is 19.5 Å². The fourth-order valence-electron chi connectivity index (χ4n) is 4.45. The first-order chi connectivity index (χ1) is 14.5. The van der Waals surface area contributed by atoms with Gasteiger partial charge in [0.1, 0.15) is 17.2 Å². The molecule has 0 radical (unpaired) electrons. The molecule has 30 heavy (non-hydrogen) atoms. The summed E-state index contributed by atoms with van der Waals surface area (Å²) in [5.74, 6) is 1.73. The lowest BCUT2D eigenvalue weighted by Crippen LogP contribution is -2.38. The minimum atomic E-state index is -0.344. The summed E-state index contributed by atoms with van der Waals surface area (Å²) < 4.78 is 16.1. The van der Waals surface area contributed by atoms with E-state index in [1.807, 2.05) is 42.5 Å². The van der Waals surface area contributed by atoms with Crippen LogP contribution >= 0.6 is 0 Å². The fourth-order valence-corrected chi connectivity index (χ4v) is 4.45. The van der Waals surface area contributed by atoms with E-state index < -0.39 is 0 Å². The zero-order valence-corrected chi connectivity index (χ0v) is 17.4. The quantitative estimate of drug-likeness (QED) is 0.818. The Labute approximate surface area is 175 Å². The van der Waals surface area contributed by atoms with Crippen LogP contribution in [0.3, 0.4) is 0 Å². The summed E-state index contributed by atoms with van der Waals surface area (Å²) in [6.07, 6.45) is 1.23. The summed E-state index contributed by atoms with van der Waals surface area (Å²) in [6, 6.07) is 13.2. The van der Waals surface area contributed by atoms with Crippen molar-refractivity contribution in [2.24, 2.45) is 0 Å². The Morgan fingerprint density at radius 1 is 0.833 bits per heavy atom. The molecule has 6 nitrogen and oxygen atoms in total. The SMILES string of the molecule is COc1ccc(C2CC(=O)C3=C(C2)NC(=O)CC3c2cc(OC)ccc2OC)cc1. The second kappa shape index (κ2) is 8.22. The van der Waals surface area contributed by atoms with E-state index >= 15 is 0 Å². The summed E-state index contributed by atoms with van der Waals surface area (Å²) in [5.41, 5.74) is 3.27. The number of carbonyl (C=O) groups excluding carboxylic acids is 2. The average Bonchev–Trinajstić information content (AvgIpc) is 2.77. The third-order valence-electron chi connectivity index (χ3n) is 5.94. The van der Waals surface area contributed by atoms with Gasteiger partial charge in [-0.2, -0.15) is 0 Å². The molecule has 1 heterocycles. The second-order valence-electron chi connectivity index (χ2n) is 7.61. The van der Waals surface area contributed by atoms with E-state index in [2.05, 4.69) is 5.32 Å².